The molecule has 4 N–H and O–H groups in total. The number of nitrogens with one attached hydrogen (secondary N) is 1. The minimum atomic E-state index is -2.00. The van der Waals surface area contributed by atoms with E-state index in [1.54, 1.807) is 0 Å². The Balaban J connectivity index is 2.84. The van der Waals surface area contributed by atoms with Gasteiger partial charge in [0.05, 0.1) is 0 Å². The second-order valence-corrected chi connectivity index (χ2v) is 7.74. The van der Waals surface area contributed by atoms with Crippen LogP contribution in [-0.4, -0.2) is 37.1 Å². The highest BCUT2D eigenvalue weighted by Crippen LogP contribution is 2.34. The molecule has 1 aliphatic rings. The number of nitrogens with zero attached hydrogens (tertiary/aromatic N) is 2. The zero-order valence-electron chi connectivity index (χ0n) is 8.25. The molecular weight excluding hydrogens is 373 g/mol. The van der Waals surface area contributed by atoms with Gasteiger partial charge in [0.15, 0.2) is 6.23 Å². The number of amidine groups is 1. The monoisotopic (exact) mass is 376 g/mol. The first-order chi connectivity index (χ1) is 8.00. The summed E-state index contributed by atoms with van der Waals surface area (Å²) in [6.45, 7) is 0. The van der Waals surface area contributed by atoms with Gasteiger partial charge in [0.1, 0.15) is 0 Å². The summed E-state index contributed by atoms with van der Waals surface area (Å²) in [5.41, 5.74) is 5.35. The number of halogens is 6. The van der Waals surface area contributed by atoms with Crippen molar-refractivity contribution in [1.82, 2.24) is 5.32 Å². The lowest BCUT2D eigenvalue weighted by Gasteiger charge is -2.26. The van der Waals surface area contributed by atoms with Crippen LogP contribution in [0, 0.1) is 0 Å². The molecule has 0 aromatic heterocycles. The van der Waals surface area contributed by atoms with Crippen molar-refractivity contribution in [2.24, 2.45) is 15.7 Å². The van der Waals surface area contributed by atoms with Crippen LogP contribution >= 0.6 is 69.6 Å². The molecule has 0 unspecified atom stereocenters. The van der Waals surface area contributed by atoms with E-state index in [4.69, 9.17) is 80.1 Å². The van der Waals surface area contributed by atoms with Crippen LogP contribution in [0.1, 0.15) is 0 Å². The Morgan fingerprint density at radius 2 is 1.83 bits per heavy atom. The molecule has 12 heteroatoms. The van der Waals surface area contributed by atoms with Gasteiger partial charge in [-0.25, -0.2) is 4.99 Å². The van der Waals surface area contributed by atoms with Crippen molar-refractivity contribution in [3.8, 4) is 0 Å². The molecule has 0 aliphatic carbocycles. The predicted octanol–water partition coefficient (Wildman–Crippen LogP) is 1.66. The molecule has 0 spiro atoms. The number of ether oxygens (including phenoxy) is 1. The van der Waals surface area contributed by atoms with Gasteiger partial charge in [-0.1, -0.05) is 69.6 Å². The molecule has 104 valence electrons. The number of aliphatic hydroxyl groups is 1. The summed E-state index contributed by atoms with van der Waals surface area (Å²) in [6, 6.07) is -0.319. The van der Waals surface area contributed by atoms with E-state index in [1.807, 2.05) is 0 Å². The van der Waals surface area contributed by atoms with E-state index >= 15 is 0 Å². The van der Waals surface area contributed by atoms with Crippen LogP contribution in [0.15, 0.2) is 9.98 Å². The van der Waals surface area contributed by atoms with Crippen LogP contribution in [0.3, 0.4) is 0 Å². The fourth-order valence-corrected chi connectivity index (χ4v) is 1.27. The normalized spacial score (nSPS) is 22.7. The molecular formula is C6H6Cl6N4O2. The summed E-state index contributed by atoms with van der Waals surface area (Å²) in [7, 11) is 0. The molecule has 1 heterocycles. The summed E-state index contributed by atoms with van der Waals surface area (Å²) in [4.78, 5) is 7.34. The van der Waals surface area contributed by atoms with Gasteiger partial charge in [-0.3, -0.25) is 0 Å². The SMILES string of the molecule is NC1=NC(N[C@H](O)C(Cl)(Cl)Cl)=N[C@H](C(Cl)(Cl)Cl)O1. The average Bonchev–Trinajstić information content (AvgIpc) is 2.13. The van der Waals surface area contributed by atoms with E-state index in [9.17, 15) is 5.11 Å². The quantitative estimate of drug-likeness (QED) is 0.478. The number of nitrogens with two attached hydrogens (primary N) is 1. The number of rotatable bonds is 1. The molecule has 0 saturated heterocycles. The highest BCUT2D eigenvalue weighted by Gasteiger charge is 2.38. The number of alkyl halides is 6. The summed E-state index contributed by atoms with van der Waals surface area (Å²) in [6.07, 6.45) is -2.84. The Hall–Kier alpha value is 0.440. The van der Waals surface area contributed by atoms with Crippen molar-refractivity contribution < 1.29 is 9.84 Å². The molecule has 1 aliphatic heterocycles. The standard InChI is InChI=1S/C6H6Cl6N4O2/c7-5(8,9)1(17)14-4-15-2(6(10,11)12)18-3(13)16-4/h1-2,17H,(H3,13,14,15,16)/t1-,2+/m1/s1. The van der Waals surface area contributed by atoms with Crippen molar-refractivity contribution in [3.05, 3.63) is 0 Å². The largest absolute Gasteiger partial charge is 0.434 e. The Morgan fingerprint density at radius 1 is 1.28 bits per heavy atom. The third kappa shape index (κ3) is 4.85. The van der Waals surface area contributed by atoms with Gasteiger partial charge in [0.25, 0.3) is 6.02 Å². The minimum absolute atomic E-state index is 0.200. The summed E-state index contributed by atoms with van der Waals surface area (Å²) >= 11 is 33.1. The first kappa shape index (κ1) is 16.5. The van der Waals surface area contributed by atoms with E-state index in [1.165, 1.54) is 0 Å². The molecule has 2 atom stereocenters. The lowest BCUT2D eigenvalue weighted by atomic mass is 10.6. The zero-order chi connectivity index (χ0) is 14.1. The smallest absolute Gasteiger partial charge is 0.292 e. The summed E-state index contributed by atoms with van der Waals surface area (Å²) < 4.78 is 0.996. The van der Waals surface area contributed by atoms with Crippen molar-refractivity contribution in [2.75, 3.05) is 0 Å². The maximum absolute atomic E-state index is 9.48. The van der Waals surface area contributed by atoms with Crippen LogP contribution in [0.5, 0.6) is 0 Å². The van der Waals surface area contributed by atoms with E-state index < -0.39 is 20.0 Å². The van der Waals surface area contributed by atoms with Gasteiger partial charge in [0, 0.05) is 0 Å². The van der Waals surface area contributed by atoms with Crippen molar-refractivity contribution in [1.29, 1.82) is 0 Å². The second-order valence-electron chi connectivity index (χ2n) is 3.00. The average molecular weight is 379 g/mol. The lowest BCUT2D eigenvalue weighted by Crippen LogP contribution is -2.47. The Kier molecular flexibility index (Phi) is 5.34. The molecule has 18 heavy (non-hydrogen) atoms. The third-order valence-electron chi connectivity index (χ3n) is 1.54. The van der Waals surface area contributed by atoms with Gasteiger partial charge in [-0.15, -0.1) is 0 Å². The summed E-state index contributed by atoms with van der Waals surface area (Å²) in [5, 5.41) is 11.8. The first-order valence-electron chi connectivity index (χ1n) is 4.17. The predicted molar refractivity (Wildman–Crippen MR) is 73.7 cm³/mol. The van der Waals surface area contributed by atoms with Gasteiger partial charge in [0.2, 0.25) is 19.8 Å². The number of hydrogen-bond acceptors (Lipinski definition) is 6. The highest BCUT2D eigenvalue weighted by molar-refractivity contribution is 6.68. The van der Waals surface area contributed by atoms with Crippen LogP contribution in [0.2, 0.25) is 0 Å². The van der Waals surface area contributed by atoms with Crippen molar-refractivity contribution >= 4 is 81.6 Å². The minimum Gasteiger partial charge on any atom is -0.434 e. The van der Waals surface area contributed by atoms with Crippen molar-refractivity contribution in [2.45, 2.75) is 20.0 Å². The van der Waals surface area contributed by atoms with E-state index in [0.717, 1.165) is 0 Å². The van der Waals surface area contributed by atoms with Gasteiger partial charge in [-0.2, -0.15) is 4.99 Å². The maximum atomic E-state index is 9.48. The van der Waals surface area contributed by atoms with Gasteiger partial charge in [-0.05, 0) is 0 Å². The molecule has 0 radical (unpaired) electrons. The van der Waals surface area contributed by atoms with E-state index in [2.05, 4.69) is 15.3 Å². The Bertz CT molecular complexity index is 375. The number of aliphatic imine (C=N–C) groups is 2. The Labute approximate surface area is 132 Å². The molecule has 0 amide bonds. The molecule has 1 rings (SSSR count). The maximum Gasteiger partial charge on any atom is 0.292 e. The molecule has 0 fully saturated rings. The fourth-order valence-electron chi connectivity index (χ4n) is 0.825. The van der Waals surface area contributed by atoms with Gasteiger partial charge >= 0.3 is 0 Å². The fraction of sp³-hybridized carbons (Fsp3) is 0.667. The first-order valence-corrected chi connectivity index (χ1v) is 6.43. The number of aliphatic hydroxyl groups excluding tert-OH is 1. The van der Waals surface area contributed by atoms with Crippen LogP contribution in [-0.2, 0) is 4.74 Å². The van der Waals surface area contributed by atoms with Crippen LogP contribution < -0.4 is 11.1 Å². The van der Waals surface area contributed by atoms with E-state index in [-0.39, 0.29) is 12.0 Å². The Morgan fingerprint density at radius 3 is 2.28 bits per heavy atom. The van der Waals surface area contributed by atoms with Gasteiger partial charge < -0.3 is 20.9 Å². The van der Waals surface area contributed by atoms with E-state index in [0.29, 0.717) is 0 Å². The highest BCUT2D eigenvalue weighted by atomic mass is 35.6. The summed E-state index contributed by atoms with van der Waals surface area (Å²) in [5.74, 6) is -0.200. The molecule has 0 aromatic rings. The third-order valence-corrected chi connectivity index (χ3v) is 2.72. The molecule has 0 aromatic carbocycles. The lowest BCUT2D eigenvalue weighted by molar-refractivity contribution is 0.158. The molecule has 6 nitrogen and oxygen atoms in total. The van der Waals surface area contributed by atoms with Crippen LogP contribution in [0.25, 0.3) is 0 Å². The second kappa shape index (κ2) is 5.83. The topological polar surface area (TPSA) is 92.2 Å². The number of hydrogen-bond donors (Lipinski definition) is 3. The molecule has 0 saturated carbocycles. The number of guanidine groups is 1. The van der Waals surface area contributed by atoms with Crippen LogP contribution in [0.4, 0.5) is 0 Å². The zero-order valence-corrected chi connectivity index (χ0v) is 12.8. The van der Waals surface area contributed by atoms with Crippen molar-refractivity contribution in [3.63, 3.8) is 0 Å². The molecule has 0 bridgehead atoms.